The lowest BCUT2D eigenvalue weighted by Gasteiger charge is -2.14. The van der Waals surface area contributed by atoms with E-state index in [1.807, 2.05) is 12.1 Å². The summed E-state index contributed by atoms with van der Waals surface area (Å²) >= 11 is 0. The first-order valence-corrected chi connectivity index (χ1v) is 7.47. The number of hydrogen-bond acceptors (Lipinski definition) is 5. The van der Waals surface area contributed by atoms with Gasteiger partial charge in [-0.2, -0.15) is 0 Å². The number of nitrogen functional groups attached to an aromatic ring is 1. The fourth-order valence-electron chi connectivity index (χ4n) is 2.31. The largest absolute Gasteiger partial charge is 0.496 e. The maximum absolute atomic E-state index is 12.1. The van der Waals surface area contributed by atoms with Crippen molar-refractivity contribution in [3.63, 3.8) is 0 Å². The van der Waals surface area contributed by atoms with E-state index >= 15 is 0 Å². The molecule has 7 heteroatoms. The minimum absolute atomic E-state index is 0. The van der Waals surface area contributed by atoms with Gasteiger partial charge in [0.2, 0.25) is 5.91 Å². The van der Waals surface area contributed by atoms with Crippen molar-refractivity contribution in [2.45, 2.75) is 13.0 Å². The molecular weight excluding hydrogens is 344 g/mol. The van der Waals surface area contributed by atoms with Crippen LogP contribution in [0, 0.1) is 0 Å². The number of nitrogens with two attached hydrogens (primary N) is 1. The number of carbonyl (C=O) groups is 1. The first-order chi connectivity index (χ1) is 11.6. The van der Waals surface area contributed by atoms with Crippen molar-refractivity contribution in [1.29, 1.82) is 0 Å². The Bertz CT molecular complexity index is 705. The third-order valence-corrected chi connectivity index (χ3v) is 3.61. The number of amides is 1. The summed E-state index contributed by atoms with van der Waals surface area (Å²) in [6.07, 6.45) is 0.288. The molecule has 0 aromatic heterocycles. The molecule has 1 amide bonds. The zero-order valence-electron chi connectivity index (χ0n) is 14.5. The summed E-state index contributed by atoms with van der Waals surface area (Å²) in [4.78, 5) is 12.1. The molecule has 0 unspecified atom stereocenters. The Kier molecular flexibility index (Phi) is 7.88. The van der Waals surface area contributed by atoms with Crippen LogP contribution >= 0.6 is 12.4 Å². The molecule has 6 nitrogen and oxygen atoms in total. The van der Waals surface area contributed by atoms with Crippen molar-refractivity contribution in [2.75, 3.05) is 27.1 Å². The summed E-state index contributed by atoms with van der Waals surface area (Å²) in [5.41, 5.74) is 8.02. The molecule has 3 N–H and O–H groups in total. The molecule has 0 atom stereocenters. The maximum Gasteiger partial charge on any atom is 0.224 e. The number of ether oxygens (including phenoxy) is 3. The van der Waals surface area contributed by atoms with E-state index in [9.17, 15) is 4.79 Å². The fourth-order valence-corrected chi connectivity index (χ4v) is 2.31. The van der Waals surface area contributed by atoms with Crippen molar-refractivity contribution in [3.05, 3.63) is 47.5 Å². The van der Waals surface area contributed by atoms with Gasteiger partial charge in [0.25, 0.3) is 0 Å². The number of rotatable bonds is 7. The van der Waals surface area contributed by atoms with Crippen LogP contribution in [0.1, 0.15) is 11.1 Å². The molecule has 2 rings (SSSR count). The Morgan fingerprint density at radius 1 is 0.960 bits per heavy atom. The molecule has 0 radical (unpaired) electrons. The third kappa shape index (κ3) is 5.46. The van der Waals surface area contributed by atoms with Gasteiger partial charge in [-0.25, -0.2) is 0 Å². The van der Waals surface area contributed by atoms with Crippen LogP contribution in [-0.2, 0) is 17.8 Å². The first-order valence-electron chi connectivity index (χ1n) is 7.47. The predicted molar refractivity (Wildman–Crippen MR) is 99.8 cm³/mol. The lowest BCUT2D eigenvalue weighted by molar-refractivity contribution is -0.120. The average Bonchev–Trinajstić information content (AvgIpc) is 2.61. The van der Waals surface area contributed by atoms with E-state index in [1.54, 1.807) is 45.6 Å². The molecule has 25 heavy (non-hydrogen) atoms. The van der Waals surface area contributed by atoms with Crippen molar-refractivity contribution in [2.24, 2.45) is 0 Å². The Morgan fingerprint density at radius 3 is 2.08 bits per heavy atom. The van der Waals surface area contributed by atoms with Crippen molar-refractivity contribution >= 4 is 24.0 Å². The van der Waals surface area contributed by atoms with Crippen molar-refractivity contribution in [3.8, 4) is 17.2 Å². The molecule has 0 spiro atoms. The number of carbonyl (C=O) groups excluding carboxylic acids is 1. The summed E-state index contributed by atoms with van der Waals surface area (Å²) in [7, 11) is 4.69. The predicted octanol–water partition coefficient (Wildman–Crippen LogP) is 2.58. The van der Waals surface area contributed by atoms with E-state index in [2.05, 4.69) is 5.32 Å². The molecule has 0 aliphatic rings. The average molecular weight is 367 g/mol. The molecule has 136 valence electrons. The van der Waals surface area contributed by atoms with Crippen LogP contribution in [-0.4, -0.2) is 27.2 Å². The molecule has 0 saturated heterocycles. The minimum atomic E-state index is -0.0865. The summed E-state index contributed by atoms with van der Waals surface area (Å²) in [5, 5.41) is 2.88. The van der Waals surface area contributed by atoms with Crippen molar-refractivity contribution in [1.82, 2.24) is 5.32 Å². The second kappa shape index (κ2) is 9.64. The molecule has 0 saturated carbocycles. The van der Waals surface area contributed by atoms with Gasteiger partial charge in [0.05, 0.1) is 27.8 Å². The van der Waals surface area contributed by atoms with Gasteiger partial charge in [-0.15, -0.1) is 12.4 Å². The van der Waals surface area contributed by atoms with Crippen LogP contribution in [0.5, 0.6) is 17.2 Å². The van der Waals surface area contributed by atoms with Crippen LogP contribution in [0.25, 0.3) is 0 Å². The number of benzene rings is 2. The van der Waals surface area contributed by atoms with Crippen molar-refractivity contribution < 1.29 is 19.0 Å². The Hall–Kier alpha value is -2.60. The Labute approximate surface area is 153 Å². The molecular formula is C18H23ClN2O4. The van der Waals surface area contributed by atoms with Gasteiger partial charge in [-0.1, -0.05) is 12.1 Å². The molecule has 0 bridgehead atoms. The van der Waals surface area contributed by atoms with Crippen LogP contribution < -0.4 is 25.3 Å². The number of nitrogens with one attached hydrogen (secondary N) is 1. The number of methoxy groups -OCH3 is 3. The van der Waals surface area contributed by atoms with E-state index in [-0.39, 0.29) is 24.7 Å². The normalized spacial score (nSPS) is 9.72. The number of halogens is 1. The van der Waals surface area contributed by atoms with Gasteiger partial charge in [0, 0.05) is 23.9 Å². The smallest absolute Gasteiger partial charge is 0.224 e. The van der Waals surface area contributed by atoms with E-state index in [0.717, 1.165) is 11.1 Å². The van der Waals surface area contributed by atoms with Crippen LogP contribution in [0.3, 0.4) is 0 Å². The van der Waals surface area contributed by atoms with Crippen LogP contribution in [0.4, 0.5) is 5.69 Å². The van der Waals surface area contributed by atoms with Gasteiger partial charge >= 0.3 is 0 Å². The molecule has 0 fully saturated rings. The second-order valence-electron chi connectivity index (χ2n) is 5.21. The summed E-state index contributed by atoms with van der Waals surface area (Å²) in [6.45, 7) is 0.331. The minimum Gasteiger partial charge on any atom is -0.496 e. The van der Waals surface area contributed by atoms with E-state index in [0.29, 0.717) is 29.5 Å². The lowest BCUT2D eigenvalue weighted by atomic mass is 10.1. The van der Waals surface area contributed by atoms with E-state index < -0.39 is 0 Å². The van der Waals surface area contributed by atoms with Gasteiger partial charge in [0.15, 0.2) is 11.5 Å². The van der Waals surface area contributed by atoms with Crippen LogP contribution in [0.15, 0.2) is 36.4 Å². The molecule has 2 aromatic carbocycles. The number of anilines is 1. The van der Waals surface area contributed by atoms with Gasteiger partial charge < -0.3 is 25.3 Å². The van der Waals surface area contributed by atoms with Crippen LogP contribution in [0.2, 0.25) is 0 Å². The zero-order chi connectivity index (χ0) is 17.5. The summed E-state index contributed by atoms with van der Waals surface area (Å²) < 4.78 is 15.9. The lowest BCUT2D eigenvalue weighted by Crippen LogP contribution is -2.24. The monoisotopic (exact) mass is 366 g/mol. The molecule has 0 aliphatic carbocycles. The second-order valence-corrected chi connectivity index (χ2v) is 5.21. The topological polar surface area (TPSA) is 82.8 Å². The quantitative estimate of drug-likeness (QED) is 0.736. The SMILES string of the molecule is COc1cc(OC)c(OC)cc1CNC(=O)Cc1ccc(N)cc1.Cl. The molecule has 0 heterocycles. The molecule has 0 aliphatic heterocycles. The maximum atomic E-state index is 12.1. The number of hydrogen-bond donors (Lipinski definition) is 2. The standard InChI is InChI=1S/C18H22N2O4.ClH/c1-22-15-10-17(24-3)16(23-2)9-13(15)11-20-18(21)8-12-4-6-14(19)7-5-12;/h4-7,9-10H,8,11,19H2,1-3H3,(H,20,21);1H. The first kappa shape index (κ1) is 20.4. The van der Waals surface area contributed by atoms with E-state index in [1.165, 1.54) is 0 Å². The highest BCUT2D eigenvalue weighted by Gasteiger charge is 2.13. The highest BCUT2D eigenvalue weighted by molar-refractivity contribution is 5.85. The zero-order valence-corrected chi connectivity index (χ0v) is 15.3. The van der Waals surface area contributed by atoms with Gasteiger partial charge in [0.1, 0.15) is 5.75 Å². The van der Waals surface area contributed by atoms with Gasteiger partial charge in [-0.05, 0) is 23.8 Å². The summed E-state index contributed by atoms with van der Waals surface area (Å²) in [5.74, 6) is 1.70. The van der Waals surface area contributed by atoms with E-state index in [4.69, 9.17) is 19.9 Å². The Morgan fingerprint density at radius 2 is 1.52 bits per heavy atom. The highest BCUT2D eigenvalue weighted by atomic mass is 35.5. The van der Waals surface area contributed by atoms with Gasteiger partial charge in [-0.3, -0.25) is 4.79 Å². The molecule has 2 aromatic rings. The fraction of sp³-hybridized carbons (Fsp3) is 0.278. The highest BCUT2D eigenvalue weighted by Crippen LogP contribution is 2.34. The Balaban J connectivity index is 0.00000312. The third-order valence-electron chi connectivity index (χ3n) is 3.61. The summed E-state index contributed by atoms with van der Waals surface area (Å²) in [6, 6.07) is 10.8.